The van der Waals surface area contributed by atoms with Gasteiger partial charge in [0, 0.05) is 13.1 Å². The zero-order valence-electron chi connectivity index (χ0n) is 16.2. The van der Waals surface area contributed by atoms with E-state index in [9.17, 15) is 14.0 Å². The maximum Gasteiger partial charge on any atom is 0.273 e. The van der Waals surface area contributed by atoms with E-state index in [1.54, 1.807) is 12.1 Å². The number of carbonyl (C=O) groups is 1. The van der Waals surface area contributed by atoms with Gasteiger partial charge in [-0.1, -0.05) is 12.1 Å². The summed E-state index contributed by atoms with van der Waals surface area (Å²) in [4.78, 5) is 32.6. The monoisotopic (exact) mass is 414 g/mol. The molecule has 1 aromatic carbocycles. The molecule has 0 unspecified atom stereocenters. The third kappa shape index (κ3) is 4.17. The highest BCUT2D eigenvalue weighted by Gasteiger charge is 2.21. The van der Waals surface area contributed by atoms with Gasteiger partial charge in [-0.3, -0.25) is 14.2 Å². The summed E-state index contributed by atoms with van der Waals surface area (Å²) in [5, 5.41) is 4.75. The third-order valence-corrected chi connectivity index (χ3v) is 6.13. The van der Waals surface area contributed by atoms with Gasteiger partial charge >= 0.3 is 0 Å². The molecule has 0 saturated carbocycles. The van der Waals surface area contributed by atoms with Crippen molar-refractivity contribution in [3.63, 3.8) is 0 Å². The summed E-state index contributed by atoms with van der Waals surface area (Å²) in [5.74, 6) is -0.0367. The number of carbonyl (C=O) groups excluding carboxylic acids is 1. The number of thiophene rings is 1. The van der Waals surface area contributed by atoms with E-state index in [4.69, 9.17) is 4.98 Å². The number of nitrogens with zero attached hydrogens (tertiary/aromatic N) is 3. The van der Waals surface area contributed by atoms with E-state index in [0.717, 1.165) is 37.9 Å². The van der Waals surface area contributed by atoms with E-state index in [1.807, 2.05) is 18.4 Å². The van der Waals surface area contributed by atoms with Gasteiger partial charge in [0.25, 0.3) is 5.56 Å². The molecule has 29 heavy (non-hydrogen) atoms. The topological polar surface area (TPSA) is 67.2 Å². The average Bonchev–Trinajstić information content (AvgIpc) is 3.20. The summed E-state index contributed by atoms with van der Waals surface area (Å²) in [6.07, 6.45) is 3.26. The standard InChI is InChI=1S/C21H23FN4O2S/c1-14(15-5-7-16(22)8-6-15)23-18(27)13-26-20(28)19-17(9-12-29-19)24-21(26)25-10-3-2-4-11-25/h5-9,12,14H,2-4,10-11,13H2,1H3,(H,23,27)/t14-/m1/s1. The summed E-state index contributed by atoms with van der Waals surface area (Å²) in [7, 11) is 0. The molecule has 1 saturated heterocycles. The van der Waals surface area contributed by atoms with Gasteiger partial charge in [-0.15, -0.1) is 11.3 Å². The van der Waals surface area contributed by atoms with Gasteiger partial charge in [-0.05, 0) is 55.3 Å². The SMILES string of the molecule is C[C@@H](NC(=O)Cn1c(N2CCCCC2)nc2ccsc2c1=O)c1ccc(F)cc1. The van der Waals surface area contributed by atoms with Crippen molar-refractivity contribution in [3.05, 3.63) is 57.4 Å². The summed E-state index contributed by atoms with van der Waals surface area (Å²) in [6.45, 7) is 3.39. The Hall–Kier alpha value is -2.74. The molecule has 1 aliphatic rings. The second-order valence-corrected chi connectivity index (χ2v) is 8.24. The molecule has 6 nitrogen and oxygen atoms in total. The van der Waals surface area contributed by atoms with Crippen LogP contribution >= 0.6 is 11.3 Å². The van der Waals surface area contributed by atoms with Gasteiger partial charge in [0.15, 0.2) is 0 Å². The predicted molar refractivity (Wildman–Crippen MR) is 113 cm³/mol. The highest BCUT2D eigenvalue weighted by atomic mass is 32.1. The van der Waals surface area contributed by atoms with Gasteiger partial charge in [-0.25, -0.2) is 9.37 Å². The number of nitrogens with one attached hydrogen (secondary N) is 1. The van der Waals surface area contributed by atoms with E-state index < -0.39 is 0 Å². The molecule has 1 N–H and O–H groups in total. The van der Waals surface area contributed by atoms with Crippen molar-refractivity contribution in [2.24, 2.45) is 0 Å². The van der Waals surface area contributed by atoms with Crippen LogP contribution in [-0.2, 0) is 11.3 Å². The largest absolute Gasteiger partial charge is 0.348 e. The molecular formula is C21H23FN4O2S. The first-order valence-corrected chi connectivity index (χ1v) is 10.7. The lowest BCUT2D eigenvalue weighted by Crippen LogP contribution is -2.39. The van der Waals surface area contributed by atoms with Crippen LogP contribution in [0.5, 0.6) is 0 Å². The summed E-state index contributed by atoms with van der Waals surface area (Å²) >= 11 is 1.34. The zero-order valence-corrected chi connectivity index (χ0v) is 17.0. The number of benzene rings is 1. The highest BCUT2D eigenvalue weighted by molar-refractivity contribution is 7.17. The highest BCUT2D eigenvalue weighted by Crippen LogP contribution is 2.22. The second-order valence-electron chi connectivity index (χ2n) is 7.33. The molecular weight excluding hydrogens is 391 g/mol. The number of anilines is 1. The zero-order chi connectivity index (χ0) is 20.4. The summed E-state index contributed by atoms with van der Waals surface area (Å²) < 4.78 is 15.2. The Balaban J connectivity index is 1.60. The molecule has 0 aliphatic carbocycles. The summed E-state index contributed by atoms with van der Waals surface area (Å²) in [5.41, 5.74) is 1.29. The molecule has 3 aromatic rings. The molecule has 2 aromatic heterocycles. The lowest BCUT2D eigenvalue weighted by Gasteiger charge is -2.29. The Labute approximate surface area is 172 Å². The lowest BCUT2D eigenvalue weighted by molar-refractivity contribution is -0.122. The van der Waals surface area contributed by atoms with E-state index in [0.29, 0.717) is 16.2 Å². The molecule has 0 radical (unpaired) electrons. The minimum absolute atomic E-state index is 0.100. The van der Waals surface area contributed by atoms with E-state index in [2.05, 4.69) is 10.2 Å². The van der Waals surface area contributed by atoms with Crippen LogP contribution in [0.15, 0.2) is 40.5 Å². The van der Waals surface area contributed by atoms with Crippen molar-refractivity contribution >= 4 is 33.4 Å². The van der Waals surface area contributed by atoms with Gasteiger partial charge in [0.1, 0.15) is 17.1 Å². The van der Waals surface area contributed by atoms with Crippen molar-refractivity contribution in [2.45, 2.75) is 38.8 Å². The van der Waals surface area contributed by atoms with E-state index in [-0.39, 0.29) is 29.9 Å². The Morgan fingerprint density at radius 3 is 2.66 bits per heavy atom. The first-order chi connectivity index (χ1) is 14.0. The molecule has 1 amide bonds. The first kappa shape index (κ1) is 19.6. The fourth-order valence-corrected chi connectivity index (χ4v) is 4.45. The number of fused-ring (bicyclic) bond motifs is 1. The number of rotatable bonds is 5. The van der Waals surface area contributed by atoms with Crippen LogP contribution in [0.1, 0.15) is 37.8 Å². The maximum atomic E-state index is 13.1. The number of hydrogen-bond acceptors (Lipinski definition) is 5. The molecule has 152 valence electrons. The molecule has 8 heteroatoms. The fraction of sp³-hybridized carbons (Fsp3) is 0.381. The quantitative estimate of drug-likeness (QED) is 0.694. The Morgan fingerprint density at radius 2 is 1.93 bits per heavy atom. The molecule has 0 spiro atoms. The second kappa shape index (κ2) is 8.32. The van der Waals surface area contributed by atoms with Crippen molar-refractivity contribution in [1.82, 2.24) is 14.9 Å². The Morgan fingerprint density at radius 1 is 1.21 bits per heavy atom. The van der Waals surface area contributed by atoms with Crippen LogP contribution in [0.2, 0.25) is 0 Å². The van der Waals surface area contributed by atoms with Crippen LogP contribution in [0.3, 0.4) is 0 Å². The van der Waals surface area contributed by atoms with E-state index in [1.165, 1.54) is 28.0 Å². The van der Waals surface area contributed by atoms with Crippen molar-refractivity contribution < 1.29 is 9.18 Å². The molecule has 1 fully saturated rings. The van der Waals surface area contributed by atoms with Crippen LogP contribution in [0.25, 0.3) is 10.2 Å². The van der Waals surface area contributed by atoms with Gasteiger partial charge in [-0.2, -0.15) is 0 Å². The number of halogens is 1. The van der Waals surface area contributed by atoms with Crippen LogP contribution in [0.4, 0.5) is 10.3 Å². The summed E-state index contributed by atoms with van der Waals surface area (Å²) in [6, 6.07) is 7.57. The molecule has 1 aliphatic heterocycles. The normalized spacial score (nSPS) is 15.4. The third-order valence-electron chi connectivity index (χ3n) is 5.23. The predicted octanol–water partition coefficient (Wildman–Crippen LogP) is 3.46. The average molecular weight is 415 g/mol. The van der Waals surface area contributed by atoms with Crippen molar-refractivity contribution in [2.75, 3.05) is 18.0 Å². The Kier molecular flexibility index (Phi) is 5.62. The fourth-order valence-electron chi connectivity index (χ4n) is 3.68. The van der Waals surface area contributed by atoms with Crippen LogP contribution in [0, 0.1) is 5.82 Å². The Bertz CT molecular complexity index is 1070. The lowest BCUT2D eigenvalue weighted by atomic mass is 10.1. The minimum Gasteiger partial charge on any atom is -0.348 e. The van der Waals surface area contributed by atoms with Gasteiger partial charge < -0.3 is 10.2 Å². The first-order valence-electron chi connectivity index (χ1n) is 9.81. The maximum absolute atomic E-state index is 13.1. The van der Waals surface area contributed by atoms with E-state index >= 15 is 0 Å². The molecule has 3 heterocycles. The number of hydrogen-bond donors (Lipinski definition) is 1. The minimum atomic E-state index is -0.319. The number of piperidine rings is 1. The molecule has 1 atom stereocenters. The van der Waals surface area contributed by atoms with Gasteiger partial charge in [0.2, 0.25) is 11.9 Å². The molecule has 0 bridgehead atoms. The van der Waals surface area contributed by atoms with Gasteiger partial charge in [0.05, 0.1) is 11.6 Å². The van der Waals surface area contributed by atoms with Crippen LogP contribution < -0.4 is 15.8 Å². The van der Waals surface area contributed by atoms with Crippen LogP contribution in [-0.4, -0.2) is 28.5 Å². The molecule has 4 rings (SSSR count). The smallest absolute Gasteiger partial charge is 0.273 e. The van der Waals surface area contributed by atoms with Crippen molar-refractivity contribution in [3.8, 4) is 0 Å². The van der Waals surface area contributed by atoms with Crippen molar-refractivity contribution in [1.29, 1.82) is 0 Å². The number of aromatic nitrogens is 2. The number of amides is 1.